The second-order valence-electron chi connectivity index (χ2n) is 2.45. The van der Waals surface area contributed by atoms with Gasteiger partial charge in [-0.15, -0.1) is 0 Å². The third-order valence-electron chi connectivity index (χ3n) is 1.44. The molecule has 0 radical (unpaired) electrons. The zero-order valence-corrected chi connectivity index (χ0v) is 8.24. The van der Waals surface area contributed by atoms with Crippen molar-refractivity contribution >= 4 is 5.97 Å². The molecule has 0 aromatic carbocycles. The van der Waals surface area contributed by atoms with Gasteiger partial charge in [-0.05, 0) is 19.9 Å². The number of ether oxygens (including phenoxy) is 2. The summed E-state index contributed by atoms with van der Waals surface area (Å²) in [4.78, 5) is 11.0. The fourth-order valence-electron chi connectivity index (χ4n) is 0.920. The van der Waals surface area contributed by atoms with Gasteiger partial charge in [-0.1, -0.05) is 0 Å². The molecule has 1 rings (SSSR count). The number of hydrogen-bond donors (Lipinski definition) is 1. The normalized spacial score (nSPS) is 19.4. The van der Waals surface area contributed by atoms with Crippen molar-refractivity contribution in [3.05, 3.63) is 11.8 Å². The van der Waals surface area contributed by atoms with Gasteiger partial charge in [0.1, 0.15) is 0 Å². The van der Waals surface area contributed by atoms with E-state index in [4.69, 9.17) is 14.6 Å². The second kappa shape index (κ2) is 6.48. The van der Waals surface area contributed by atoms with Crippen LogP contribution in [0, 0.1) is 0 Å². The molecule has 1 heterocycles. The average Bonchev–Trinajstić information content (AvgIpc) is 2.56. The van der Waals surface area contributed by atoms with Crippen LogP contribution in [0.1, 0.15) is 20.3 Å². The van der Waals surface area contributed by atoms with Crippen molar-refractivity contribution < 1.29 is 19.4 Å². The first-order valence-corrected chi connectivity index (χ1v) is 4.22. The Hall–Kier alpha value is -1.03. The molecular weight excluding hydrogens is 172 g/mol. The molecule has 0 fully saturated rings. The van der Waals surface area contributed by atoms with Gasteiger partial charge in [0.05, 0.1) is 12.7 Å². The molecule has 0 amide bonds. The van der Waals surface area contributed by atoms with Crippen LogP contribution < -0.4 is 0 Å². The van der Waals surface area contributed by atoms with Gasteiger partial charge in [0, 0.05) is 13.5 Å². The summed E-state index contributed by atoms with van der Waals surface area (Å²) in [5, 5.41) is 7.00. The van der Waals surface area contributed by atoms with Gasteiger partial charge >= 0.3 is 5.97 Å². The van der Waals surface area contributed by atoms with E-state index >= 15 is 0 Å². The number of aliphatic hydroxyl groups is 1. The van der Waals surface area contributed by atoms with E-state index < -0.39 is 0 Å². The fourth-order valence-corrected chi connectivity index (χ4v) is 0.920. The first-order chi connectivity index (χ1) is 6.24. The van der Waals surface area contributed by atoms with Crippen LogP contribution in [-0.2, 0) is 14.3 Å². The summed E-state index contributed by atoms with van der Waals surface area (Å²) in [6, 6.07) is 0. The van der Waals surface area contributed by atoms with Crippen LogP contribution in [0.15, 0.2) is 11.8 Å². The lowest BCUT2D eigenvalue weighted by molar-refractivity contribution is -0.142. The van der Waals surface area contributed by atoms with Crippen molar-refractivity contribution in [1.29, 1.82) is 0 Å². The lowest BCUT2D eigenvalue weighted by atomic mass is 10.3. The smallest absolute Gasteiger partial charge is 0.373 e. The predicted octanol–water partition coefficient (Wildman–Crippen LogP) is 0.851. The monoisotopic (exact) mass is 188 g/mol. The van der Waals surface area contributed by atoms with Gasteiger partial charge in [-0.3, -0.25) is 0 Å². The molecule has 0 saturated carbocycles. The molecule has 0 spiro atoms. The Kier molecular flexibility index (Phi) is 5.97. The number of rotatable bonds is 2. The Bertz CT molecular complexity index is 186. The predicted molar refractivity (Wildman–Crippen MR) is 48.0 cm³/mol. The topological polar surface area (TPSA) is 55.8 Å². The van der Waals surface area contributed by atoms with Gasteiger partial charge in [0.15, 0.2) is 0 Å². The minimum Gasteiger partial charge on any atom is -0.483 e. The molecular formula is C9H16O4. The Balaban J connectivity index is 0.000000671. The Labute approximate surface area is 78.2 Å². The number of carbonyl (C=O) groups is 1. The maximum absolute atomic E-state index is 11.0. The van der Waals surface area contributed by atoms with Crippen molar-refractivity contribution in [1.82, 2.24) is 0 Å². The Morgan fingerprint density at radius 3 is 2.77 bits per heavy atom. The SMILES string of the molecule is CCOC(=O)C1=CCC(C)O1.CO. The Morgan fingerprint density at radius 1 is 1.77 bits per heavy atom. The summed E-state index contributed by atoms with van der Waals surface area (Å²) < 4.78 is 9.90. The van der Waals surface area contributed by atoms with Crippen LogP contribution in [0.25, 0.3) is 0 Å². The van der Waals surface area contributed by atoms with E-state index in [1.165, 1.54) is 0 Å². The van der Waals surface area contributed by atoms with E-state index in [0.717, 1.165) is 13.5 Å². The Morgan fingerprint density at radius 2 is 2.38 bits per heavy atom. The third kappa shape index (κ3) is 3.94. The average molecular weight is 188 g/mol. The summed E-state index contributed by atoms with van der Waals surface area (Å²) >= 11 is 0. The highest BCUT2D eigenvalue weighted by Crippen LogP contribution is 2.16. The molecule has 0 aromatic rings. The first-order valence-electron chi connectivity index (χ1n) is 4.22. The fraction of sp³-hybridized carbons (Fsp3) is 0.667. The molecule has 1 unspecified atom stereocenters. The maximum Gasteiger partial charge on any atom is 0.373 e. The van der Waals surface area contributed by atoms with E-state index in [1.807, 2.05) is 6.92 Å². The zero-order chi connectivity index (χ0) is 10.3. The highest BCUT2D eigenvalue weighted by molar-refractivity contribution is 5.86. The molecule has 0 aromatic heterocycles. The first kappa shape index (κ1) is 12.0. The third-order valence-corrected chi connectivity index (χ3v) is 1.44. The summed E-state index contributed by atoms with van der Waals surface area (Å²) in [6.45, 7) is 4.09. The largest absolute Gasteiger partial charge is 0.483 e. The molecule has 1 atom stereocenters. The molecule has 0 bridgehead atoms. The van der Waals surface area contributed by atoms with Crippen molar-refractivity contribution in [2.24, 2.45) is 0 Å². The van der Waals surface area contributed by atoms with Crippen molar-refractivity contribution in [2.75, 3.05) is 13.7 Å². The van der Waals surface area contributed by atoms with Gasteiger partial charge in [0.25, 0.3) is 0 Å². The number of aliphatic hydroxyl groups excluding tert-OH is 1. The molecule has 0 saturated heterocycles. The number of hydrogen-bond acceptors (Lipinski definition) is 4. The molecule has 1 aliphatic rings. The molecule has 0 aliphatic carbocycles. The van der Waals surface area contributed by atoms with Crippen molar-refractivity contribution in [3.63, 3.8) is 0 Å². The van der Waals surface area contributed by atoms with E-state index in [-0.39, 0.29) is 12.1 Å². The molecule has 1 N–H and O–H groups in total. The molecule has 1 aliphatic heterocycles. The lowest BCUT2D eigenvalue weighted by Gasteiger charge is -2.06. The summed E-state index contributed by atoms with van der Waals surface area (Å²) in [5.74, 6) is 0.0104. The van der Waals surface area contributed by atoms with E-state index in [2.05, 4.69) is 0 Å². The summed E-state index contributed by atoms with van der Waals surface area (Å²) in [6.07, 6.45) is 2.69. The summed E-state index contributed by atoms with van der Waals surface area (Å²) in [7, 11) is 1.00. The van der Waals surface area contributed by atoms with Gasteiger partial charge in [-0.25, -0.2) is 4.79 Å². The van der Waals surface area contributed by atoms with Crippen molar-refractivity contribution in [3.8, 4) is 0 Å². The molecule has 13 heavy (non-hydrogen) atoms. The van der Waals surface area contributed by atoms with E-state index in [1.54, 1.807) is 13.0 Å². The molecule has 4 heteroatoms. The minimum absolute atomic E-state index is 0.120. The molecule has 76 valence electrons. The highest BCUT2D eigenvalue weighted by Gasteiger charge is 2.20. The maximum atomic E-state index is 11.0. The van der Waals surface area contributed by atoms with Crippen LogP contribution in [0.5, 0.6) is 0 Å². The van der Waals surface area contributed by atoms with Gasteiger partial charge in [0.2, 0.25) is 5.76 Å². The van der Waals surface area contributed by atoms with Crippen LogP contribution >= 0.6 is 0 Å². The standard InChI is InChI=1S/C8H12O3.CH4O/c1-3-10-8(9)7-5-4-6(2)11-7;1-2/h5-6H,3-4H2,1-2H3;2H,1H3. The lowest BCUT2D eigenvalue weighted by Crippen LogP contribution is -2.10. The molecule has 4 nitrogen and oxygen atoms in total. The zero-order valence-electron chi connectivity index (χ0n) is 8.24. The summed E-state index contributed by atoms with van der Waals surface area (Å²) in [5.41, 5.74) is 0. The van der Waals surface area contributed by atoms with Crippen LogP contribution in [0.2, 0.25) is 0 Å². The van der Waals surface area contributed by atoms with Gasteiger partial charge in [-0.2, -0.15) is 0 Å². The quantitative estimate of drug-likeness (QED) is 0.653. The number of esters is 1. The van der Waals surface area contributed by atoms with Crippen LogP contribution in [-0.4, -0.2) is 30.9 Å². The van der Waals surface area contributed by atoms with E-state index in [0.29, 0.717) is 12.4 Å². The van der Waals surface area contributed by atoms with Crippen LogP contribution in [0.4, 0.5) is 0 Å². The van der Waals surface area contributed by atoms with Crippen LogP contribution in [0.3, 0.4) is 0 Å². The van der Waals surface area contributed by atoms with E-state index in [9.17, 15) is 4.79 Å². The van der Waals surface area contributed by atoms with Gasteiger partial charge < -0.3 is 14.6 Å². The number of carbonyl (C=O) groups excluding carboxylic acids is 1. The second-order valence-corrected chi connectivity index (χ2v) is 2.45. The highest BCUT2D eigenvalue weighted by atomic mass is 16.6. The minimum atomic E-state index is -0.350. The van der Waals surface area contributed by atoms with Crippen molar-refractivity contribution in [2.45, 2.75) is 26.4 Å².